The molecule has 0 radical (unpaired) electrons. The monoisotopic (exact) mass is 199 g/mol. The molecule has 1 rings (SSSR count). The van der Waals surface area contributed by atoms with Crippen molar-refractivity contribution in [1.29, 1.82) is 0 Å². The zero-order valence-corrected chi connectivity index (χ0v) is 8.95. The maximum Gasteiger partial charge on any atom is 0.270 e. The van der Waals surface area contributed by atoms with Gasteiger partial charge in [-0.25, -0.2) is 0 Å². The molecule has 4 heteroatoms. The summed E-state index contributed by atoms with van der Waals surface area (Å²) in [7, 11) is 0. The van der Waals surface area contributed by atoms with Crippen LogP contribution in [-0.4, -0.2) is 16.7 Å². The standard InChI is InChI=1S/C10H17NO3/c1-10(2,3)7-4-5-8(11(13)14)9(12)6-7/h7-8H,4-6H2,1-3H3/t7-,8+/m1/s1. The first-order valence-electron chi connectivity index (χ1n) is 4.98. The molecule has 0 bridgehead atoms. The van der Waals surface area contributed by atoms with E-state index in [1.807, 2.05) is 0 Å². The van der Waals surface area contributed by atoms with Crippen molar-refractivity contribution in [2.75, 3.05) is 0 Å². The predicted octanol–water partition coefficient (Wildman–Crippen LogP) is 2.05. The second kappa shape index (κ2) is 3.67. The van der Waals surface area contributed by atoms with Crippen LogP contribution in [0.5, 0.6) is 0 Å². The lowest BCUT2D eigenvalue weighted by molar-refractivity contribution is -0.510. The Balaban J connectivity index is 2.65. The molecule has 14 heavy (non-hydrogen) atoms. The molecule has 0 aromatic heterocycles. The lowest BCUT2D eigenvalue weighted by Gasteiger charge is -2.33. The van der Waals surface area contributed by atoms with Crippen LogP contribution in [0.1, 0.15) is 40.0 Å². The summed E-state index contributed by atoms with van der Waals surface area (Å²) in [5, 5.41) is 10.5. The van der Waals surface area contributed by atoms with E-state index >= 15 is 0 Å². The number of rotatable bonds is 1. The summed E-state index contributed by atoms with van der Waals surface area (Å²) in [4.78, 5) is 21.5. The summed E-state index contributed by atoms with van der Waals surface area (Å²) in [6, 6.07) is -0.936. The Morgan fingerprint density at radius 1 is 1.36 bits per heavy atom. The van der Waals surface area contributed by atoms with Crippen LogP contribution in [0.3, 0.4) is 0 Å². The molecule has 0 aromatic carbocycles. The number of hydrogen-bond donors (Lipinski definition) is 0. The fraction of sp³-hybridized carbons (Fsp3) is 0.900. The minimum Gasteiger partial charge on any atom is -0.292 e. The number of carbonyl (C=O) groups excluding carboxylic acids is 1. The van der Waals surface area contributed by atoms with E-state index in [9.17, 15) is 14.9 Å². The molecule has 0 amide bonds. The van der Waals surface area contributed by atoms with E-state index < -0.39 is 11.0 Å². The van der Waals surface area contributed by atoms with Gasteiger partial charge in [0, 0.05) is 17.8 Å². The van der Waals surface area contributed by atoms with Crippen molar-refractivity contribution in [2.45, 2.75) is 46.1 Å². The third kappa shape index (κ3) is 2.30. The Kier molecular flexibility index (Phi) is 2.92. The predicted molar refractivity (Wildman–Crippen MR) is 52.6 cm³/mol. The summed E-state index contributed by atoms with van der Waals surface area (Å²) < 4.78 is 0. The fourth-order valence-corrected chi connectivity index (χ4v) is 1.96. The van der Waals surface area contributed by atoms with Gasteiger partial charge in [-0.05, 0) is 17.8 Å². The van der Waals surface area contributed by atoms with Gasteiger partial charge in [-0.2, -0.15) is 0 Å². The van der Waals surface area contributed by atoms with Crippen molar-refractivity contribution in [3.8, 4) is 0 Å². The quantitative estimate of drug-likeness (QED) is 0.479. The molecule has 0 heterocycles. The summed E-state index contributed by atoms with van der Waals surface area (Å²) in [6.07, 6.45) is 1.57. The minimum absolute atomic E-state index is 0.0806. The van der Waals surface area contributed by atoms with Crippen LogP contribution >= 0.6 is 0 Å². The topological polar surface area (TPSA) is 60.2 Å². The second-order valence-corrected chi connectivity index (χ2v) is 5.11. The maximum absolute atomic E-state index is 11.5. The highest BCUT2D eigenvalue weighted by molar-refractivity contribution is 5.83. The average Bonchev–Trinajstić information content (AvgIpc) is 2.01. The van der Waals surface area contributed by atoms with Gasteiger partial charge in [0.05, 0.1) is 0 Å². The Morgan fingerprint density at radius 2 is 1.93 bits per heavy atom. The van der Waals surface area contributed by atoms with Gasteiger partial charge in [0.2, 0.25) is 5.78 Å². The highest BCUT2D eigenvalue weighted by Crippen LogP contribution is 2.36. The third-order valence-electron chi connectivity index (χ3n) is 3.09. The summed E-state index contributed by atoms with van der Waals surface area (Å²) in [5.74, 6) is 0.104. The zero-order valence-electron chi connectivity index (χ0n) is 8.95. The highest BCUT2D eigenvalue weighted by Gasteiger charge is 2.40. The first kappa shape index (κ1) is 11.1. The number of ketones is 1. The van der Waals surface area contributed by atoms with Crippen LogP contribution in [-0.2, 0) is 4.79 Å². The molecule has 80 valence electrons. The Hall–Kier alpha value is -0.930. The van der Waals surface area contributed by atoms with Gasteiger partial charge in [0.1, 0.15) is 0 Å². The SMILES string of the molecule is CC(C)(C)[C@@H]1CC[C@H]([N+](=O)[O-])C(=O)C1. The second-order valence-electron chi connectivity index (χ2n) is 5.11. The first-order chi connectivity index (χ1) is 6.32. The maximum atomic E-state index is 11.5. The smallest absolute Gasteiger partial charge is 0.270 e. The van der Waals surface area contributed by atoms with Crippen LogP contribution in [0, 0.1) is 21.4 Å². The van der Waals surface area contributed by atoms with Crippen LogP contribution in [0.25, 0.3) is 0 Å². The molecule has 1 fully saturated rings. The minimum atomic E-state index is -0.936. The van der Waals surface area contributed by atoms with E-state index in [0.29, 0.717) is 18.8 Å². The number of nitrogens with zero attached hydrogens (tertiary/aromatic N) is 1. The van der Waals surface area contributed by atoms with Crippen molar-refractivity contribution >= 4 is 5.78 Å². The number of Topliss-reactive ketones (excluding diaryl/α,β-unsaturated/α-hetero) is 1. The van der Waals surface area contributed by atoms with E-state index in [2.05, 4.69) is 20.8 Å². The zero-order chi connectivity index (χ0) is 10.9. The van der Waals surface area contributed by atoms with E-state index in [1.165, 1.54) is 0 Å². The molecule has 0 unspecified atom stereocenters. The highest BCUT2D eigenvalue weighted by atomic mass is 16.6. The summed E-state index contributed by atoms with van der Waals surface area (Å²) in [6.45, 7) is 6.24. The molecule has 1 aliphatic rings. The fourth-order valence-electron chi connectivity index (χ4n) is 1.96. The first-order valence-corrected chi connectivity index (χ1v) is 4.98. The lowest BCUT2D eigenvalue weighted by Crippen LogP contribution is -2.39. The van der Waals surface area contributed by atoms with E-state index in [1.54, 1.807) is 0 Å². The number of nitro groups is 1. The van der Waals surface area contributed by atoms with Crippen molar-refractivity contribution < 1.29 is 9.72 Å². The van der Waals surface area contributed by atoms with Gasteiger partial charge in [0.15, 0.2) is 0 Å². The van der Waals surface area contributed by atoms with E-state index in [-0.39, 0.29) is 11.2 Å². The van der Waals surface area contributed by atoms with Crippen LogP contribution < -0.4 is 0 Å². The average molecular weight is 199 g/mol. The van der Waals surface area contributed by atoms with E-state index in [0.717, 1.165) is 6.42 Å². The third-order valence-corrected chi connectivity index (χ3v) is 3.09. The molecule has 1 saturated carbocycles. The van der Waals surface area contributed by atoms with Gasteiger partial charge < -0.3 is 0 Å². The van der Waals surface area contributed by atoms with Crippen LogP contribution in [0.2, 0.25) is 0 Å². The Bertz CT molecular complexity index is 255. The molecule has 1 aliphatic carbocycles. The van der Waals surface area contributed by atoms with Gasteiger partial charge in [-0.15, -0.1) is 0 Å². The van der Waals surface area contributed by atoms with Gasteiger partial charge in [-0.1, -0.05) is 20.8 Å². The molecule has 0 spiro atoms. The molecule has 2 atom stereocenters. The van der Waals surface area contributed by atoms with Gasteiger partial charge in [0.25, 0.3) is 6.04 Å². The van der Waals surface area contributed by atoms with Crippen molar-refractivity contribution in [3.05, 3.63) is 10.1 Å². The van der Waals surface area contributed by atoms with Crippen LogP contribution in [0.4, 0.5) is 0 Å². The van der Waals surface area contributed by atoms with Crippen molar-refractivity contribution in [1.82, 2.24) is 0 Å². The summed E-state index contributed by atoms with van der Waals surface area (Å²) >= 11 is 0. The number of hydrogen-bond acceptors (Lipinski definition) is 3. The van der Waals surface area contributed by atoms with Gasteiger partial charge >= 0.3 is 0 Å². The Labute approximate surface area is 83.8 Å². The summed E-state index contributed by atoms with van der Waals surface area (Å²) in [5.41, 5.74) is 0.0806. The van der Waals surface area contributed by atoms with E-state index in [4.69, 9.17) is 0 Å². The Morgan fingerprint density at radius 3 is 2.29 bits per heavy atom. The molecule has 0 N–H and O–H groups in total. The van der Waals surface area contributed by atoms with Crippen molar-refractivity contribution in [2.24, 2.45) is 11.3 Å². The molecular weight excluding hydrogens is 182 g/mol. The molecule has 0 aromatic rings. The normalized spacial score (nSPS) is 28.9. The molecule has 0 saturated heterocycles. The van der Waals surface area contributed by atoms with Gasteiger partial charge in [-0.3, -0.25) is 14.9 Å². The number of carbonyl (C=O) groups is 1. The largest absolute Gasteiger partial charge is 0.292 e. The molecule has 4 nitrogen and oxygen atoms in total. The van der Waals surface area contributed by atoms with Crippen molar-refractivity contribution in [3.63, 3.8) is 0 Å². The van der Waals surface area contributed by atoms with Crippen LogP contribution in [0.15, 0.2) is 0 Å². The molecular formula is C10H17NO3. The molecule has 0 aliphatic heterocycles. The lowest BCUT2D eigenvalue weighted by atomic mass is 9.71.